The van der Waals surface area contributed by atoms with Gasteiger partial charge >= 0.3 is 0 Å². The summed E-state index contributed by atoms with van der Waals surface area (Å²) in [6.45, 7) is 4.06. The van der Waals surface area contributed by atoms with E-state index in [4.69, 9.17) is 4.74 Å². The van der Waals surface area contributed by atoms with E-state index in [0.29, 0.717) is 5.13 Å². The predicted octanol–water partition coefficient (Wildman–Crippen LogP) is 5.09. The Morgan fingerprint density at radius 1 is 1.12 bits per heavy atom. The Balaban J connectivity index is 1.73. The number of ether oxygens (including phenoxy) is 1. The van der Waals surface area contributed by atoms with E-state index in [1.54, 1.807) is 13.2 Å². The number of nitrogens with one attached hydrogen (secondary N) is 1. The smallest absolute Gasteiger partial charge is 0.250 e. The second-order valence-corrected chi connectivity index (χ2v) is 7.06. The van der Waals surface area contributed by atoms with E-state index in [9.17, 15) is 4.79 Å². The predicted molar refractivity (Wildman–Crippen MR) is 108 cm³/mol. The molecule has 1 aromatic heterocycles. The third-order valence-electron chi connectivity index (χ3n) is 3.90. The van der Waals surface area contributed by atoms with Crippen LogP contribution in [0.5, 0.6) is 5.75 Å². The van der Waals surface area contributed by atoms with Crippen LogP contribution in [0.1, 0.15) is 16.0 Å². The Kier molecular flexibility index (Phi) is 5.49. The summed E-state index contributed by atoms with van der Waals surface area (Å²) in [5, 5.41) is 3.42. The number of carbonyl (C=O) groups excluding carboxylic acids is 1. The van der Waals surface area contributed by atoms with Crippen molar-refractivity contribution in [2.24, 2.45) is 0 Å². The average molecular weight is 364 g/mol. The lowest BCUT2D eigenvalue weighted by molar-refractivity contribution is -0.111. The first-order chi connectivity index (χ1) is 12.6. The second kappa shape index (κ2) is 7.97. The number of carbonyl (C=O) groups is 1. The molecule has 0 fully saturated rings. The molecule has 0 saturated heterocycles. The molecule has 5 heteroatoms. The van der Waals surface area contributed by atoms with Gasteiger partial charge in [-0.3, -0.25) is 10.1 Å². The number of hydrogen-bond donors (Lipinski definition) is 1. The lowest BCUT2D eigenvalue weighted by Gasteiger charge is -2.03. The highest BCUT2D eigenvalue weighted by molar-refractivity contribution is 7.16. The normalized spacial score (nSPS) is 10.9. The van der Waals surface area contributed by atoms with Crippen molar-refractivity contribution < 1.29 is 9.53 Å². The Labute approximate surface area is 157 Å². The molecular formula is C21H20N2O2S. The highest BCUT2D eigenvalue weighted by Gasteiger charge is 2.11. The van der Waals surface area contributed by atoms with Crippen molar-refractivity contribution in [1.82, 2.24) is 4.98 Å². The van der Waals surface area contributed by atoms with Gasteiger partial charge in [0.15, 0.2) is 5.13 Å². The molecule has 0 spiro atoms. The number of aryl methyl sites for hydroxylation is 2. The molecule has 2 aromatic carbocycles. The minimum Gasteiger partial charge on any atom is -0.496 e. The van der Waals surface area contributed by atoms with Crippen molar-refractivity contribution >= 4 is 28.5 Å². The van der Waals surface area contributed by atoms with Crippen molar-refractivity contribution in [2.45, 2.75) is 13.8 Å². The van der Waals surface area contributed by atoms with Crippen LogP contribution in [0.3, 0.4) is 0 Å². The van der Waals surface area contributed by atoms with E-state index in [1.807, 2.05) is 43.3 Å². The largest absolute Gasteiger partial charge is 0.496 e. The molecule has 1 N–H and O–H groups in total. The molecular weight excluding hydrogens is 344 g/mol. The summed E-state index contributed by atoms with van der Waals surface area (Å²) in [7, 11) is 1.61. The summed E-state index contributed by atoms with van der Waals surface area (Å²) >= 11 is 1.47. The van der Waals surface area contributed by atoms with E-state index in [2.05, 4.69) is 29.4 Å². The van der Waals surface area contributed by atoms with Crippen molar-refractivity contribution in [1.29, 1.82) is 0 Å². The summed E-state index contributed by atoms with van der Waals surface area (Å²) < 4.78 is 5.28. The van der Waals surface area contributed by atoms with Crippen molar-refractivity contribution in [2.75, 3.05) is 12.4 Å². The molecule has 0 aliphatic carbocycles. The monoisotopic (exact) mass is 364 g/mol. The number of para-hydroxylation sites is 1. The van der Waals surface area contributed by atoms with E-state index >= 15 is 0 Å². The van der Waals surface area contributed by atoms with Crippen LogP contribution in [0.2, 0.25) is 0 Å². The highest BCUT2D eigenvalue weighted by Crippen LogP contribution is 2.30. The summed E-state index contributed by atoms with van der Waals surface area (Å²) in [6.07, 6.45) is 3.22. The van der Waals surface area contributed by atoms with Gasteiger partial charge in [0.25, 0.3) is 0 Å². The van der Waals surface area contributed by atoms with Gasteiger partial charge in [-0.2, -0.15) is 0 Å². The number of aromatic nitrogens is 1. The molecule has 0 unspecified atom stereocenters. The first-order valence-electron chi connectivity index (χ1n) is 8.23. The number of thiazole rings is 1. The Morgan fingerprint density at radius 3 is 2.58 bits per heavy atom. The van der Waals surface area contributed by atoms with Gasteiger partial charge in [-0.25, -0.2) is 4.98 Å². The first kappa shape index (κ1) is 17.9. The maximum absolute atomic E-state index is 12.2. The maximum Gasteiger partial charge on any atom is 0.250 e. The molecule has 4 nitrogen and oxygen atoms in total. The number of hydrogen-bond acceptors (Lipinski definition) is 4. The van der Waals surface area contributed by atoms with Crippen LogP contribution in [-0.4, -0.2) is 18.0 Å². The van der Waals surface area contributed by atoms with E-state index in [1.165, 1.54) is 23.0 Å². The van der Waals surface area contributed by atoms with E-state index < -0.39 is 0 Å². The minimum atomic E-state index is -0.222. The molecule has 0 aliphatic heterocycles. The molecule has 0 radical (unpaired) electrons. The van der Waals surface area contributed by atoms with E-state index in [0.717, 1.165) is 27.4 Å². The average Bonchev–Trinajstić information content (AvgIpc) is 3.01. The quantitative estimate of drug-likeness (QED) is 0.642. The van der Waals surface area contributed by atoms with Crippen molar-refractivity contribution in [3.8, 4) is 17.0 Å². The van der Waals surface area contributed by atoms with Gasteiger partial charge in [0.1, 0.15) is 5.75 Å². The fraction of sp³-hybridized carbons (Fsp3) is 0.143. The SMILES string of the molecule is COc1ccccc1C=CC(=O)Nc1nc(-c2ccc(C)cc2)c(C)s1. The maximum atomic E-state index is 12.2. The number of rotatable bonds is 5. The van der Waals surface area contributed by atoms with Crippen LogP contribution in [0.15, 0.2) is 54.6 Å². The molecule has 3 rings (SSSR count). The first-order valence-corrected chi connectivity index (χ1v) is 9.05. The number of benzene rings is 2. The molecule has 1 amide bonds. The van der Waals surface area contributed by atoms with Crippen LogP contribution < -0.4 is 10.1 Å². The van der Waals surface area contributed by atoms with Crippen molar-refractivity contribution in [3.05, 3.63) is 70.6 Å². The van der Waals surface area contributed by atoms with Crippen LogP contribution in [-0.2, 0) is 4.79 Å². The molecule has 1 heterocycles. The highest BCUT2D eigenvalue weighted by atomic mass is 32.1. The Hall–Kier alpha value is -2.92. The van der Waals surface area contributed by atoms with Gasteiger partial charge < -0.3 is 4.74 Å². The fourth-order valence-electron chi connectivity index (χ4n) is 2.55. The lowest BCUT2D eigenvalue weighted by atomic mass is 10.1. The third-order valence-corrected chi connectivity index (χ3v) is 4.79. The molecule has 0 aliphatic rings. The van der Waals surface area contributed by atoms with Gasteiger partial charge in [-0.1, -0.05) is 48.0 Å². The van der Waals surface area contributed by atoms with Crippen LogP contribution in [0, 0.1) is 13.8 Å². The Bertz CT molecular complexity index is 943. The standard InChI is InChI=1S/C21H20N2O2S/c1-14-8-10-17(11-9-14)20-15(2)26-21(23-20)22-19(24)13-12-16-6-4-5-7-18(16)25-3/h4-13H,1-3H3,(H,22,23,24). The van der Waals surface area contributed by atoms with E-state index in [-0.39, 0.29) is 5.91 Å². The zero-order valence-corrected chi connectivity index (χ0v) is 15.8. The van der Waals surface area contributed by atoms with Gasteiger partial charge in [0.05, 0.1) is 12.8 Å². The zero-order valence-electron chi connectivity index (χ0n) is 14.9. The van der Waals surface area contributed by atoms with Gasteiger partial charge in [0.2, 0.25) is 5.91 Å². The number of nitrogens with zero attached hydrogens (tertiary/aromatic N) is 1. The summed E-state index contributed by atoms with van der Waals surface area (Å²) in [5.74, 6) is 0.503. The summed E-state index contributed by atoms with van der Waals surface area (Å²) in [5.41, 5.74) is 4.01. The third kappa shape index (κ3) is 4.18. The van der Waals surface area contributed by atoms with Gasteiger partial charge in [-0.05, 0) is 26.0 Å². The molecule has 0 saturated carbocycles. The van der Waals surface area contributed by atoms with Crippen LogP contribution in [0.4, 0.5) is 5.13 Å². The molecule has 132 valence electrons. The number of methoxy groups -OCH3 is 1. The van der Waals surface area contributed by atoms with Crippen molar-refractivity contribution in [3.63, 3.8) is 0 Å². The Morgan fingerprint density at radius 2 is 1.85 bits per heavy atom. The molecule has 3 aromatic rings. The molecule has 26 heavy (non-hydrogen) atoms. The van der Waals surface area contributed by atoms with Gasteiger partial charge in [-0.15, -0.1) is 11.3 Å². The molecule has 0 atom stereocenters. The fourth-order valence-corrected chi connectivity index (χ4v) is 3.38. The number of anilines is 1. The van der Waals surface area contributed by atoms with Gasteiger partial charge in [0, 0.05) is 22.1 Å². The molecule has 0 bridgehead atoms. The second-order valence-electron chi connectivity index (χ2n) is 5.85. The topological polar surface area (TPSA) is 51.2 Å². The summed E-state index contributed by atoms with van der Waals surface area (Å²) in [6, 6.07) is 15.8. The number of amides is 1. The van der Waals surface area contributed by atoms with Crippen LogP contribution >= 0.6 is 11.3 Å². The lowest BCUT2D eigenvalue weighted by Crippen LogP contribution is -2.07. The zero-order chi connectivity index (χ0) is 18.5. The van der Waals surface area contributed by atoms with Crippen LogP contribution in [0.25, 0.3) is 17.3 Å². The summed E-state index contributed by atoms with van der Waals surface area (Å²) in [4.78, 5) is 17.8. The minimum absolute atomic E-state index is 0.222.